The summed E-state index contributed by atoms with van der Waals surface area (Å²) in [7, 11) is 0. The molecule has 0 saturated heterocycles. The lowest BCUT2D eigenvalue weighted by molar-refractivity contribution is -0.167. The van der Waals surface area contributed by atoms with Crippen LogP contribution in [0.1, 0.15) is 361 Å². The number of allylic oxidation sites excluding steroid dienone is 14. The fourth-order valence-electron chi connectivity index (χ4n) is 10.3. The second-order valence-corrected chi connectivity index (χ2v) is 23.8. The Morgan fingerprint density at radius 2 is 0.476 bits per heavy atom. The maximum absolute atomic E-state index is 13.0. The van der Waals surface area contributed by atoms with Crippen molar-refractivity contribution in [2.24, 2.45) is 0 Å². The molecular formula is C76H134O6. The predicted molar refractivity (Wildman–Crippen MR) is 358 cm³/mol. The van der Waals surface area contributed by atoms with Crippen molar-refractivity contribution in [2.45, 2.75) is 367 Å². The number of ether oxygens (including phenoxy) is 3. The van der Waals surface area contributed by atoms with Crippen LogP contribution >= 0.6 is 0 Å². The van der Waals surface area contributed by atoms with Gasteiger partial charge >= 0.3 is 17.9 Å². The van der Waals surface area contributed by atoms with Gasteiger partial charge in [0.15, 0.2) is 6.10 Å². The van der Waals surface area contributed by atoms with Gasteiger partial charge in [-0.15, -0.1) is 0 Å². The highest BCUT2D eigenvalue weighted by molar-refractivity contribution is 5.71. The van der Waals surface area contributed by atoms with Crippen LogP contribution in [-0.2, 0) is 28.6 Å². The maximum Gasteiger partial charge on any atom is 0.306 e. The Balaban J connectivity index is 4.34. The fraction of sp³-hybridized carbons (Fsp3) is 0.776. The minimum absolute atomic E-state index is 0.0866. The number of esters is 3. The minimum Gasteiger partial charge on any atom is -0.462 e. The summed E-state index contributed by atoms with van der Waals surface area (Å²) in [6, 6.07) is 0. The summed E-state index contributed by atoms with van der Waals surface area (Å²) in [5.74, 6) is -0.902. The second kappa shape index (κ2) is 70.1. The number of hydrogen-bond acceptors (Lipinski definition) is 6. The van der Waals surface area contributed by atoms with E-state index in [1.165, 1.54) is 205 Å². The molecule has 0 rings (SSSR count). The highest BCUT2D eigenvalue weighted by atomic mass is 16.6. The smallest absolute Gasteiger partial charge is 0.306 e. The van der Waals surface area contributed by atoms with Crippen molar-refractivity contribution >= 4 is 17.9 Å². The second-order valence-electron chi connectivity index (χ2n) is 23.8. The fourth-order valence-corrected chi connectivity index (χ4v) is 10.3. The molecule has 0 aromatic heterocycles. The largest absolute Gasteiger partial charge is 0.462 e. The quantitative estimate of drug-likeness (QED) is 0.0261. The summed E-state index contributed by atoms with van der Waals surface area (Å²) in [6.07, 6.45) is 93.3. The SMILES string of the molecule is CC/C=C\C/C=C\C/C=C\C/C=C\C/C=C\C/C=C\CCCCCCC(=O)OC(COC(=O)CCCCCCC/C=C\CCCCCCCC)COC(=O)CCCCCCCCCCCCCCCCCCCCCCCCCCCC. The van der Waals surface area contributed by atoms with Crippen molar-refractivity contribution in [2.75, 3.05) is 13.2 Å². The van der Waals surface area contributed by atoms with Crippen LogP contribution in [0.5, 0.6) is 0 Å². The molecule has 6 heteroatoms. The van der Waals surface area contributed by atoms with Gasteiger partial charge in [0.25, 0.3) is 0 Å². The molecule has 0 aliphatic carbocycles. The molecule has 0 aliphatic heterocycles. The van der Waals surface area contributed by atoms with E-state index in [0.717, 1.165) is 116 Å². The Morgan fingerprint density at radius 1 is 0.256 bits per heavy atom. The highest BCUT2D eigenvalue weighted by Crippen LogP contribution is 2.18. The van der Waals surface area contributed by atoms with E-state index in [1.54, 1.807) is 0 Å². The van der Waals surface area contributed by atoms with Gasteiger partial charge in [-0.1, -0.05) is 331 Å². The van der Waals surface area contributed by atoms with Crippen LogP contribution in [-0.4, -0.2) is 37.2 Å². The average Bonchev–Trinajstić information content (AvgIpc) is 3.47. The number of carbonyl (C=O) groups is 3. The van der Waals surface area contributed by atoms with Crippen molar-refractivity contribution in [3.8, 4) is 0 Å². The zero-order valence-corrected chi connectivity index (χ0v) is 54.5. The monoisotopic (exact) mass is 1140 g/mol. The summed E-state index contributed by atoms with van der Waals surface area (Å²) in [6.45, 7) is 6.55. The number of hydrogen-bond donors (Lipinski definition) is 0. The standard InChI is InChI=1S/C76H134O6/c1-4-7-10-13-16-19-22-25-28-30-32-34-36-37-38-40-41-43-45-48-51-54-57-60-63-66-69-75(78)81-72-73(71-80-74(77)68-65-62-59-56-53-50-47-27-24-21-18-15-12-9-6-3)82-76(79)70-67-64-61-58-55-52-49-46-44-42-39-35-33-31-29-26-23-20-17-14-11-8-5-2/h8,11,17,20,26-27,29,33,35,42,44,47,49,52,73H,4-7,9-10,12-16,18-19,21-25,28,30-32,34,36-41,43,45-46,48,50-51,53-72H2,1-3H3/b11-8-,20-17-,29-26-,35-33-,44-42-,47-27-,52-49-. The lowest BCUT2D eigenvalue weighted by Gasteiger charge is -2.18. The van der Waals surface area contributed by atoms with E-state index in [9.17, 15) is 14.4 Å². The van der Waals surface area contributed by atoms with Gasteiger partial charge in [0, 0.05) is 19.3 Å². The zero-order chi connectivity index (χ0) is 59.2. The van der Waals surface area contributed by atoms with Gasteiger partial charge in [-0.25, -0.2) is 0 Å². The van der Waals surface area contributed by atoms with E-state index in [0.29, 0.717) is 19.3 Å². The van der Waals surface area contributed by atoms with Crippen LogP contribution in [0.4, 0.5) is 0 Å². The lowest BCUT2D eigenvalue weighted by Crippen LogP contribution is -2.30. The van der Waals surface area contributed by atoms with E-state index < -0.39 is 6.10 Å². The molecule has 474 valence electrons. The Morgan fingerprint density at radius 3 is 0.756 bits per heavy atom. The Bertz CT molecular complexity index is 1550. The first-order chi connectivity index (χ1) is 40.5. The van der Waals surface area contributed by atoms with Crippen molar-refractivity contribution in [1.82, 2.24) is 0 Å². The normalized spacial score (nSPS) is 12.6. The summed E-state index contributed by atoms with van der Waals surface area (Å²) in [5, 5.41) is 0. The van der Waals surface area contributed by atoms with Crippen LogP contribution in [0.15, 0.2) is 85.1 Å². The van der Waals surface area contributed by atoms with Crippen LogP contribution in [0.2, 0.25) is 0 Å². The number of carbonyl (C=O) groups excluding carboxylic acids is 3. The number of unbranched alkanes of at least 4 members (excludes halogenated alkanes) is 40. The summed E-state index contributed by atoms with van der Waals surface area (Å²) in [4.78, 5) is 38.5. The van der Waals surface area contributed by atoms with E-state index in [-0.39, 0.29) is 31.1 Å². The molecule has 0 spiro atoms. The molecule has 0 aromatic rings. The van der Waals surface area contributed by atoms with Gasteiger partial charge in [0.1, 0.15) is 13.2 Å². The topological polar surface area (TPSA) is 78.9 Å². The van der Waals surface area contributed by atoms with E-state index in [1.807, 2.05) is 0 Å². The lowest BCUT2D eigenvalue weighted by atomic mass is 10.0. The predicted octanol–water partition coefficient (Wildman–Crippen LogP) is 24.6. The van der Waals surface area contributed by atoms with E-state index in [2.05, 4.69) is 106 Å². The average molecular weight is 1140 g/mol. The molecule has 6 nitrogen and oxygen atoms in total. The maximum atomic E-state index is 13.0. The van der Waals surface area contributed by atoms with Crippen molar-refractivity contribution in [1.29, 1.82) is 0 Å². The van der Waals surface area contributed by atoms with Gasteiger partial charge in [-0.2, -0.15) is 0 Å². The van der Waals surface area contributed by atoms with E-state index in [4.69, 9.17) is 14.2 Å². The molecule has 0 aromatic carbocycles. The molecule has 1 unspecified atom stereocenters. The molecule has 0 bridgehead atoms. The third-order valence-corrected chi connectivity index (χ3v) is 15.6. The van der Waals surface area contributed by atoms with Gasteiger partial charge in [0.2, 0.25) is 0 Å². The molecule has 0 saturated carbocycles. The van der Waals surface area contributed by atoms with Gasteiger partial charge in [-0.05, 0) is 96.3 Å². The van der Waals surface area contributed by atoms with E-state index >= 15 is 0 Å². The highest BCUT2D eigenvalue weighted by Gasteiger charge is 2.19. The van der Waals surface area contributed by atoms with Gasteiger partial charge in [0.05, 0.1) is 0 Å². The molecule has 0 radical (unpaired) electrons. The van der Waals surface area contributed by atoms with Crippen molar-refractivity contribution in [3.63, 3.8) is 0 Å². The van der Waals surface area contributed by atoms with Crippen molar-refractivity contribution in [3.05, 3.63) is 85.1 Å². The van der Waals surface area contributed by atoms with Crippen LogP contribution in [0.3, 0.4) is 0 Å². The summed E-state index contributed by atoms with van der Waals surface area (Å²) < 4.78 is 17.0. The summed E-state index contributed by atoms with van der Waals surface area (Å²) >= 11 is 0. The Labute approximate surface area is 509 Å². The van der Waals surface area contributed by atoms with Crippen LogP contribution in [0, 0.1) is 0 Å². The first kappa shape index (κ1) is 78.6. The Kier molecular flexibility index (Phi) is 67.2. The Hall–Kier alpha value is -3.41. The van der Waals surface area contributed by atoms with Gasteiger partial charge < -0.3 is 14.2 Å². The molecule has 0 heterocycles. The molecule has 0 N–H and O–H groups in total. The van der Waals surface area contributed by atoms with Gasteiger partial charge in [-0.3, -0.25) is 14.4 Å². The third kappa shape index (κ3) is 67.4. The number of rotatable bonds is 65. The first-order valence-corrected chi connectivity index (χ1v) is 35.6. The molecule has 0 aliphatic rings. The van der Waals surface area contributed by atoms with Crippen LogP contribution in [0.25, 0.3) is 0 Å². The molecule has 0 amide bonds. The molecule has 0 fully saturated rings. The van der Waals surface area contributed by atoms with Crippen molar-refractivity contribution < 1.29 is 28.6 Å². The first-order valence-electron chi connectivity index (χ1n) is 35.6. The van der Waals surface area contributed by atoms with Crippen LogP contribution < -0.4 is 0 Å². The minimum atomic E-state index is -0.795. The molecular weight excluding hydrogens is 1010 g/mol. The molecule has 1 atom stereocenters. The molecule has 82 heavy (non-hydrogen) atoms. The zero-order valence-electron chi connectivity index (χ0n) is 54.5. The third-order valence-electron chi connectivity index (χ3n) is 15.6. The summed E-state index contributed by atoms with van der Waals surface area (Å²) in [5.41, 5.74) is 0.